The normalized spacial score (nSPS) is 16.0. The Balaban J connectivity index is 1.77. The fraction of sp³-hybridized carbons (Fsp3) is 0.333. The van der Waals surface area contributed by atoms with Crippen molar-refractivity contribution < 1.29 is 27.1 Å². The predicted molar refractivity (Wildman–Crippen MR) is 104 cm³/mol. The summed E-state index contributed by atoms with van der Waals surface area (Å²) in [4.78, 5) is 22.6. The van der Waals surface area contributed by atoms with Crippen LogP contribution >= 0.6 is 0 Å². The molecule has 0 saturated heterocycles. The highest BCUT2D eigenvalue weighted by molar-refractivity contribution is 7.91. The van der Waals surface area contributed by atoms with Gasteiger partial charge in [-0.2, -0.15) is 0 Å². The fourth-order valence-corrected chi connectivity index (χ4v) is 4.84. The zero-order valence-corrected chi connectivity index (χ0v) is 16.8. The van der Waals surface area contributed by atoms with E-state index in [1.807, 2.05) is 0 Å². The van der Waals surface area contributed by atoms with E-state index in [4.69, 9.17) is 0 Å². The van der Waals surface area contributed by atoms with Gasteiger partial charge in [-0.05, 0) is 60.7 Å². The molecule has 1 unspecified atom stereocenters. The molecule has 1 atom stereocenters. The van der Waals surface area contributed by atoms with Gasteiger partial charge in [0, 0.05) is 19.4 Å². The Labute approximate surface area is 169 Å². The second-order valence-electron chi connectivity index (χ2n) is 6.99. The third-order valence-corrected chi connectivity index (χ3v) is 6.67. The quantitative estimate of drug-likeness (QED) is 0.728. The number of nitrogens with one attached hydrogen (secondary N) is 1. The summed E-state index contributed by atoms with van der Waals surface area (Å²) < 4.78 is 43.8. The molecule has 1 aliphatic carbocycles. The molecule has 1 amide bonds. The molecule has 0 heterocycles. The summed E-state index contributed by atoms with van der Waals surface area (Å²) in [6.07, 6.45) is 2.46. The lowest BCUT2D eigenvalue weighted by Gasteiger charge is -2.26. The number of rotatable bonds is 6. The van der Waals surface area contributed by atoms with Crippen LogP contribution in [0.25, 0.3) is 0 Å². The zero-order valence-electron chi connectivity index (χ0n) is 16.0. The molecule has 8 heteroatoms. The van der Waals surface area contributed by atoms with Crippen molar-refractivity contribution in [1.82, 2.24) is 5.32 Å². The van der Waals surface area contributed by atoms with E-state index in [-0.39, 0.29) is 28.2 Å². The maximum Gasteiger partial charge on any atom is 0.303 e. The van der Waals surface area contributed by atoms with Gasteiger partial charge in [-0.3, -0.25) is 9.59 Å². The van der Waals surface area contributed by atoms with Gasteiger partial charge in [0.2, 0.25) is 9.84 Å². The first-order chi connectivity index (χ1) is 13.8. The van der Waals surface area contributed by atoms with E-state index in [1.54, 1.807) is 12.1 Å². The molecule has 0 saturated carbocycles. The van der Waals surface area contributed by atoms with E-state index in [2.05, 4.69) is 10.1 Å². The number of hydrogen-bond donors (Lipinski definition) is 1. The van der Waals surface area contributed by atoms with E-state index in [0.717, 1.165) is 36.5 Å². The highest BCUT2D eigenvalue weighted by atomic mass is 32.2. The Bertz CT molecular complexity index is 1040. The molecule has 0 aliphatic heterocycles. The molecule has 1 aliphatic rings. The SMILES string of the molecule is CC(=O)OCC(=O)NCC1CCCc2cc(S(=O)(=O)c3cccc(F)c3)ccc21. The largest absolute Gasteiger partial charge is 0.456 e. The molecule has 1 N–H and O–H groups in total. The van der Waals surface area contributed by atoms with Gasteiger partial charge in [0.25, 0.3) is 5.91 Å². The van der Waals surface area contributed by atoms with Crippen molar-refractivity contribution in [1.29, 1.82) is 0 Å². The maximum atomic E-state index is 13.5. The van der Waals surface area contributed by atoms with E-state index in [9.17, 15) is 22.4 Å². The monoisotopic (exact) mass is 419 g/mol. The van der Waals surface area contributed by atoms with E-state index in [1.165, 1.54) is 31.2 Å². The third-order valence-electron chi connectivity index (χ3n) is 4.92. The molecule has 2 aromatic carbocycles. The molecule has 154 valence electrons. The highest BCUT2D eigenvalue weighted by Gasteiger charge is 2.25. The van der Waals surface area contributed by atoms with Crippen LogP contribution in [0.2, 0.25) is 0 Å². The molecular formula is C21H22FNO5S. The average molecular weight is 419 g/mol. The molecule has 0 bridgehead atoms. The summed E-state index contributed by atoms with van der Waals surface area (Å²) in [5, 5.41) is 2.75. The zero-order chi connectivity index (χ0) is 21.0. The number of aryl methyl sites for hydroxylation is 1. The number of halogens is 1. The molecule has 0 fully saturated rings. The lowest BCUT2D eigenvalue weighted by atomic mass is 9.83. The summed E-state index contributed by atoms with van der Waals surface area (Å²) in [6, 6.07) is 9.89. The topological polar surface area (TPSA) is 89.5 Å². The van der Waals surface area contributed by atoms with Gasteiger partial charge in [-0.25, -0.2) is 12.8 Å². The summed E-state index contributed by atoms with van der Waals surface area (Å²) in [7, 11) is -3.81. The van der Waals surface area contributed by atoms with Gasteiger partial charge >= 0.3 is 5.97 Å². The van der Waals surface area contributed by atoms with E-state index in [0.29, 0.717) is 6.54 Å². The number of carbonyl (C=O) groups is 2. The molecule has 0 radical (unpaired) electrons. The van der Waals surface area contributed by atoms with Gasteiger partial charge in [-0.1, -0.05) is 12.1 Å². The van der Waals surface area contributed by atoms with E-state index >= 15 is 0 Å². The second kappa shape index (κ2) is 8.73. The Hall–Kier alpha value is -2.74. The van der Waals surface area contributed by atoms with Crippen LogP contribution in [-0.2, 0) is 30.6 Å². The van der Waals surface area contributed by atoms with Crippen molar-refractivity contribution in [2.75, 3.05) is 13.2 Å². The van der Waals surface area contributed by atoms with Gasteiger partial charge in [0.15, 0.2) is 6.61 Å². The lowest BCUT2D eigenvalue weighted by molar-refractivity contribution is -0.146. The van der Waals surface area contributed by atoms with Crippen molar-refractivity contribution >= 4 is 21.7 Å². The van der Waals surface area contributed by atoms with Gasteiger partial charge in [0.05, 0.1) is 9.79 Å². The molecule has 0 aromatic heterocycles. The van der Waals surface area contributed by atoms with E-state index < -0.39 is 21.6 Å². The summed E-state index contributed by atoms with van der Waals surface area (Å²) in [6.45, 7) is 1.29. The van der Waals surface area contributed by atoms with Crippen LogP contribution in [-0.4, -0.2) is 33.4 Å². The summed E-state index contributed by atoms with van der Waals surface area (Å²) >= 11 is 0. The Kier molecular flexibility index (Phi) is 6.32. The first kappa shape index (κ1) is 21.0. The Morgan fingerprint density at radius 2 is 1.93 bits per heavy atom. The number of hydrogen-bond acceptors (Lipinski definition) is 5. The second-order valence-corrected chi connectivity index (χ2v) is 8.94. The number of fused-ring (bicyclic) bond motifs is 1. The van der Waals surface area contributed by atoms with Crippen LogP contribution in [0.1, 0.15) is 36.8 Å². The number of esters is 1. The smallest absolute Gasteiger partial charge is 0.303 e. The molecule has 0 spiro atoms. The average Bonchev–Trinajstić information content (AvgIpc) is 2.70. The Morgan fingerprint density at radius 3 is 2.66 bits per heavy atom. The third kappa shape index (κ3) is 5.00. The van der Waals surface area contributed by atoms with Crippen molar-refractivity contribution in [2.45, 2.75) is 41.9 Å². The number of amides is 1. The van der Waals surface area contributed by atoms with Gasteiger partial charge < -0.3 is 10.1 Å². The first-order valence-corrected chi connectivity index (χ1v) is 10.8. The van der Waals surface area contributed by atoms with Crippen LogP contribution in [0, 0.1) is 5.82 Å². The molecule has 2 aromatic rings. The van der Waals surface area contributed by atoms with Gasteiger partial charge in [-0.15, -0.1) is 0 Å². The van der Waals surface area contributed by atoms with Crippen LogP contribution in [0.3, 0.4) is 0 Å². The minimum atomic E-state index is -3.81. The number of sulfone groups is 1. The molecule has 6 nitrogen and oxygen atoms in total. The molecule has 3 rings (SSSR count). The van der Waals surface area contributed by atoms with Crippen LogP contribution < -0.4 is 5.32 Å². The van der Waals surface area contributed by atoms with Crippen molar-refractivity contribution in [2.24, 2.45) is 0 Å². The molecular weight excluding hydrogens is 397 g/mol. The Morgan fingerprint density at radius 1 is 1.17 bits per heavy atom. The van der Waals surface area contributed by atoms with Crippen molar-refractivity contribution in [3.05, 3.63) is 59.4 Å². The number of ether oxygens (including phenoxy) is 1. The maximum absolute atomic E-state index is 13.5. The molecule has 29 heavy (non-hydrogen) atoms. The van der Waals surface area contributed by atoms with Crippen LogP contribution in [0.15, 0.2) is 52.3 Å². The minimum absolute atomic E-state index is 0.0472. The minimum Gasteiger partial charge on any atom is -0.456 e. The van der Waals surface area contributed by atoms with Gasteiger partial charge in [0.1, 0.15) is 5.82 Å². The standard InChI is InChI=1S/C21H22FNO5S/c1-14(24)28-13-21(25)23-12-16-5-2-4-15-10-19(8-9-20(15)16)29(26,27)18-7-3-6-17(22)11-18/h3,6-11,16H,2,4-5,12-13H2,1H3,(H,23,25). The predicted octanol–water partition coefficient (Wildman–Crippen LogP) is 2.76. The lowest BCUT2D eigenvalue weighted by Crippen LogP contribution is -2.33. The highest BCUT2D eigenvalue weighted by Crippen LogP contribution is 2.34. The fourth-order valence-electron chi connectivity index (χ4n) is 3.50. The summed E-state index contributed by atoms with van der Waals surface area (Å²) in [5.74, 6) is -1.45. The summed E-state index contributed by atoms with van der Waals surface area (Å²) in [5.41, 5.74) is 1.90. The number of benzene rings is 2. The van der Waals surface area contributed by atoms with Crippen molar-refractivity contribution in [3.8, 4) is 0 Å². The van der Waals surface area contributed by atoms with Crippen molar-refractivity contribution in [3.63, 3.8) is 0 Å². The first-order valence-electron chi connectivity index (χ1n) is 9.31. The van der Waals surface area contributed by atoms with Crippen LogP contribution in [0.5, 0.6) is 0 Å². The number of carbonyl (C=O) groups excluding carboxylic acids is 2. The van der Waals surface area contributed by atoms with Crippen LogP contribution in [0.4, 0.5) is 4.39 Å².